The molecule has 0 bridgehead atoms. The van der Waals surface area contributed by atoms with Crippen LogP contribution in [-0.2, 0) is 23.2 Å². The Morgan fingerprint density at radius 1 is 1.26 bits per heavy atom. The predicted octanol–water partition coefficient (Wildman–Crippen LogP) is 0.988. The number of amides is 2. The standard InChI is InChI=1S/C14H14N6O2S/c1-8-9(7-20(2)17-8)6-15-13(21)14(22)16-10-4-3-5-11-12(10)19-23-18-11/h3-5,7H,6H2,1-2H3,(H,15,21)(H,16,22). The number of nitrogens with zero attached hydrogens (tertiary/aromatic N) is 4. The molecule has 0 aliphatic heterocycles. The van der Waals surface area contributed by atoms with Crippen LogP contribution in [0.5, 0.6) is 0 Å². The first-order valence-electron chi connectivity index (χ1n) is 6.84. The van der Waals surface area contributed by atoms with Crippen LogP contribution in [0.1, 0.15) is 11.3 Å². The lowest BCUT2D eigenvalue weighted by molar-refractivity contribution is -0.136. The summed E-state index contributed by atoms with van der Waals surface area (Å²) in [5.41, 5.74) is 3.39. The van der Waals surface area contributed by atoms with E-state index in [1.54, 1.807) is 36.1 Å². The molecule has 0 saturated carbocycles. The predicted molar refractivity (Wildman–Crippen MR) is 85.8 cm³/mol. The molecule has 2 N–H and O–H groups in total. The van der Waals surface area contributed by atoms with Crippen molar-refractivity contribution in [3.63, 3.8) is 0 Å². The summed E-state index contributed by atoms with van der Waals surface area (Å²) >= 11 is 1.05. The lowest BCUT2D eigenvalue weighted by Gasteiger charge is -2.06. The molecule has 2 aromatic heterocycles. The first-order chi connectivity index (χ1) is 11.0. The highest BCUT2D eigenvalue weighted by Gasteiger charge is 2.16. The van der Waals surface area contributed by atoms with Crippen LogP contribution in [0.25, 0.3) is 11.0 Å². The number of benzene rings is 1. The average molecular weight is 330 g/mol. The fourth-order valence-corrected chi connectivity index (χ4v) is 2.71. The molecule has 0 atom stereocenters. The number of anilines is 1. The fourth-order valence-electron chi connectivity index (χ4n) is 2.16. The van der Waals surface area contributed by atoms with Crippen LogP contribution in [0.4, 0.5) is 5.69 Å². The molecule has 2 heterocycles. The molecule has 1 aromatic carbocycles. The Bertz CT molecular complexity index is 884. The highest BCUT2D eigenvalue weighted by molar-refractivity contribution is 7.00. The number of nitrogens with one attached hydrogen (secondary N) is 2. The van der Waals surface area contributed by atoms with Crippen molar-refractivity contribution in [2.24, 2.45) is 7.05 Å². The summed E-state index contributed by atoms with van der Waals surface area (Å²) in [5, 5.41) is 9.32. The van der Waals surface area contributed by atoms with Crippen molar-refractivity contribution in [3.8, 4) is 0 Å². The van der Waals surface area contributed by atoms with E-state index >= 15 is 0 Å². The summed E-state index contributed by atoms with van der Waals surface area (Å²) in [6.07, 6.45) is 1.80. The Kier molecular flexibility index (Phi) is 4.02. The van der Waals surface area contributed by atoms with Crippen LogP contribution in [0.3, 0.4) is 0 Å². The minimum Gasteiger partial charge on any atom is -0.344 e. The molecule has 0 radical (unpaired) electrons. The minimum absolute atomic E-state index is 0.244. The third-order valence-electron chi connectivity index (χ3n) is 3.29. The third kappa shape index (κ3) is 3.19. The van der Waals surface area contributed by atoms with E-state index in [2.05, 4.69) is 24.5 Å². The van der Waals surface area contributed by atoms with Crippen LogP contribution in [0.15, 0.2) is 24.4 Å². The Hall–Kier alpha value is -2.81. The van der Waals surface area contributed by atoms with Gasteiger partial charge in [0.15, 0.2) is 0 Å². The van der Waals surface area contributed by atoms with Crippen molar-refractivity contribution >= 4 is 40.3 Å². The molecule has 0 spiro atoms. The van der Waals surface area contributed by atoms with Crippen molar-refractivity contribution in [3.05, 3.63) is 35.7 Å². The SMILES string of the molecule is Cc1nn(C)cc1CNC(=O)C(=O)Nc1cccc2nsnc12. The number of aromatic nitrogens is 4. The number of carbonyl (C=O) groups is 2. The van der Waals surface area contributed by atoms with E-state index in [1.165, 1.54) is 0 Å². The molecule has 2 amide bonds. The maximum absolute atomic E-state index is 12.0. The maximum atomic E-state index is 12.0. The molecule has 0 saturated heterocycles. The molecular weight excluding hydrogens is 316 g/mol. The second-order valence-electron chi connectivity index (χ2n) is 4.99. The van der Waals surface area contributed by atoms with Crippen molar-refractivity contribution in [1.29, 1.82) is 0 Å². The molecule has 0 fully saturated rings. The molecule has 0 aliphatic carbocycles. The van der Waals surface area contributed by atoms with Gasteiger partial charge in [0.25, 0.3) is 0 Å². The Morgan fingerprint density at radius 3 is 2.83 bits per heavy atom. The molecule has 8 nitrogen and oxygen atoms in total. The summed E-state index contributed by atoms with van der Waals surface area (Å²) in [6, 6.07) is 5.22. The molecule has 9 heteroatoms. The van der Waals surface area contributed by atoms with Gasteiger partial charge in [0.05, 0.1) is 23.1 Å². The van der Waals surface area contributed by atoms with Gasteiger partial charge >= 0.3 is 11.8 Å². The fraction of sp³-hybridized carbons (Fsp3) is 0.214. The summed E-state index contributed by atoms with van der Waals surface area (Å²) in [5.74, 6) is -1.46. The zero-order valence-corrected chi connectivity index (χ0v) is 13.3. The Balaban J connectivity index is 1.65. The highest BCUT2D eigenvalue weighted by Crippen LogP contribution is 2.20. The second-order valence-corrected chi connectivity index (χ2v) is 5.52. The topological polar surface area (TPSA) is 102 Å². The summed E-state index contributed by atoms with van der Waals surface area (Å²) in [6.45, 7) is 2.09. The van der Waals surface area contributed by atoms with Gasteiger partial charge in [-0.25, -0.2) is 0 Å². The third-order valence-corrected chi connectivity index (χ3v) is 3.84. The first kappa shape index (κ1) is 15.1. The number of carbonyl (C=O) groups excluding carboxylic acids is 2. The van der Waals surface area contributed by atoms with E-state index in [4.69, 9.17) is 0 Å². The monoisotopic (exact) mass is 330 g/mol. The van der Waals surface area contributed by atoms with Gasteiger partial charge in [-0.1, -0.05) is 6.07 Å². The van der Waals surface area contributed by atoms with Gasteiger partial charge in [0, 0.05) is 25.4 Å². The van der Waals surface area contributed by atoms with Gasteiger partial charge in [0.2, 0.25) is 0 Å². The van der Waals surface area contributed by atoms with Crippen LogP contribution in [0, 0.1) is 6.92 Å². The van der Waals surface area contributed by atoms with Gasteiger partial charge < -0.3 is 10.6 Å². The van der Waals surface area contributed by atoms with Gasteiger partial charge in [-0.05, 0) is 19.1 Å². The van der Waals surface area contributed by atoms with Gasteiger partial charge in [-0.2, -0.15) is 13.8 Å². The van der Waals surface area contributed by atoms with E-state index in [9.17, 15) is 9.59 Å². The number of hydrogen-bond acceptors (Lipinski definition) is 6. The number of aryl methyl sites for hydroxylation is 2. The van der Waals surface area contributed by atoms with Crippen LogP contribution in [-0.4, -0.2) is 30.3 Å². The number of fused-ring (bicyclic) bond motifs is 1. The van der Waals surface area contributed by atoms with E-state index < -0.39 is 11.8 Å². The van der Waals surface area contributed by atoms with Crippen LogP contribution in [0.2, 0.25) is 0 Å². The van der Waals surface area contributed by atoms with Gasteiger partial charge in [0.1, 0.15) is 11.0 Å². The Labute approximate surface area is 135 Å². The molecule has 0 aliphatic rings. The van der Waals surface area contributed by atoms with E-state index in [1.807, 2.05) is 6.92 Å². The summed E-state index contributed by atoms with van der Waals surface area (Å²) in [4.78, 5) is 23.9. The molecule has 3 rings (SSSR count). The zero-order chi connectivity index (χ0) is 16.4. The highest BCUT2D eigenvalue weighted by atomic mass is 32.1. The van der Waals surface area contributed by atoms with Crippen molar-refractivity contribution in [2.75, 3.05) is 5.32 Å². The lowest BCUT2D eigenvalue weighted by Crippen LogP contribution is -2.35. The van der Waals surface area contributed by atoms with E-state index in [0.717, 1.165) is 23.0 Å². The van der Waals surface area contributed by atoms with Gasteiger partial charge in [-0.15, -0.1) is 0 Å². The average Bonchev–Trinajstić information content (AvgIpc) is 3.11. The minimum atomic E-state index is -0.743. The molecule has 118 valence electrons. The van der Waals surface area contributed by atoms with E-state index in [0.29, 0.717) is 16.7 Å². The number of rotatable bonds is 3. The van der Waals surface area contributed by atoms with Crippen molar-refractivity contribution in [2.45, 2.75) is 13.5 Å². The normalized spacial score (nSPS) is 10.7. The number of hydrogen-bond donors (Lipinski definition) is 2. The van der Waals surface area contributed by atoms with E-state index in [-0.39, 0.29) is 6.54 Å². The summed E-state index contributed by atoms with van der Waals surface area (Å²) < 4.78 is 9.86. The Morgan fingerprint density at radius 2 is 2.09 bits per heavy atom. The molecular formula is C14H14N6O2S. The smallest absolute Gasteiger partial charge is 0.313 e. The van der Waals surface area contributed by atoms with Crippen molar-refractivity contribution in [1.82, 2.24) is 23.8 Å². The molecule has 3 aromatic rings. The van der Waals surface area contributed by atoms with Crippen molar-refractivity contribution < 1.29 is 9.59 Å². The van der Waals surface area contributed by atoms with Crippen LogP contribution < -0.4 is 10.6 Å². The zero-order valence-electron chi connectivity index (χ0n) is 12.5. The quantitative estimate of drug-likeness (QED) is 0.697. The molecule has 23 heavy (non-hydrogen) atoms. The largest absolute Gasteiger partial charge is 0.344 e. The maximum Gasteiger partial charge on any atom is 0.313 e. The van der Waals surface area contributed by atoms with Gasteiger partial charge in [-0.3, -0.25) is 14.3 Å². The molecule has 0 unspecified atom stereocenters. The first-order valence-corrected chi connectivity index (χ1v) is 7.57. The lowest BCUT2D eigenvalue weighted by atomic mass is 10.2. The summed E-state index contributed by atoms with van der Waals surface area (Å²) in [7, 11) is 1.80. The van der Waals surface area contributed by atoms with Crippen LogP contribution >= 0.6 is 11.7 Å². The second kappa shape index (κ2) is 6.13.